The lowest BCUT2D eigenvalue weighted by Crippen LogP contribution is -2.08. The zero-order valence-corrected chi connectivity index (χ0v) is 9.91. The van der Waals surface area contributed by atoms with Crippen molar-refractivity contribution in [3.63, 3.8) is 0 Å². The van der Waals surface area contributed by atoms with Gasteiger partial charge in [-0.2, -0.15) is 0 Å². The highest BCUT2D eigenvalue weighted by Gasteiger charge is 2.20. The van der Waals surface area contributed by atoms with Gasteiger partial charge >= 0.3 is 5.97 Å². The summed E-state index contributed by atoms with van der Waals surface area (Å²) < 4.78 is 5.25. The second-order valence-corrected chi connectivity index (χ2v) is 3.87. The van der Waals surface area contributed by atoms with Gasteiger partial charge in [0.05, 0.1) is 17.5 Å². The molecule has 0 fully saturated rings. The summed E-state index contributed by atoms with van der Waals surface area (Å²) in [7, 11) is 1.43. The molecular formula is C10H11BrO4. The summed E-state index contributed by atoms with van der Waals surface area (Å²) in [5.41, 5.74) is 0.515. The molecule has 0 spiro atoms. The minimum atomic E-state index is -0.944. The van der Waals surface area contributed by atoms with Crippen LogP contribution in [0.15, 0.2) is 16.6 Å². The molecule has 1 unspecified atom stereocenters. The van der Waals surface area contributed by atoms with Crippen LogP contribution in [-0.4, -0.2) is 23.3 Å². The number of hydrogen-bond donors (Lipinski definition) is 2. The number of phenols is 1. The fourth-order valence-electron chi connectivity index (χ4n) is 1.19. The molecule has 0 aliphatic carbocycles. The molecule has 0 aromatic heterocycles. The molecule has 4 nitrogen and oxygen atoms in total. The quantitative estimate of drug-likeness (QED) is 0.888. The van der Waals surface area contributed by atoms with Crippen LogP contribution in [-0.2, 0) is 4.79 Å². The van der Waals surface area contributed by atoms with Gasteiger partial charge in [-0.25, -0.2) is 0 Å². The third-order valence-corrected chi connectivity index (χ3v) is 3.00. The van der Waals surface area contributed by atoms with Crippen molar-refractivity contribution in [2.45, 2.75) is 12.8 Å². The van der Waals surface area contributed by atoms with Crippen LogP contribution < -0.4 is 4.74 Å². The zero-order valence-electron chi connectivity index (χ0n) is 8.32. The molecule has 0 saturated carbocycles. The number of methoxy groups -OCH3 is 1. The van der Waals surface area contributed by atoms with E-state index in [2.05, 4.69) is 15.9 Å². The van der Waals surface area contributed by atoms with E-state index in [0.29, 0.717) is 15.8 Å². The van der Waals surface area contributed by atoms with Crippen molar-refractivity contribution in [3.05, 3.63) is 22.2 Å². The van der Waals surface area contributed by atoms with Gasteiger partial charge in [0.25, 0.3) is 0 Å². The van der Waals surface area contributed by atoms with Crippen LogP contribution >= 0.6 is 15.9 Å². The van der Waals surface area contributed by atoms with E-state index in [1.165, 1.54) is 13.2 Å². The highest BCUT2D eigenvalue weighted by Crippen LogP contribution is 2.39. The summed E-state index contributed by atoms with van der Waals surface area (Å²) in [5.74, 6) is -1.40. The third kappa shape index (κ3) is 2.23. The average Bonchev–Trinajstić information content (AvgIpc) is 2.21. The summed E-state index contributed by atoms with van der Waals surface area (Å²) in [6.45, 7) is 1.55. The number of phenolic OH excluding ortho intramolecular Hbond substituents is 1. The molecule has 0 heterocycles. The van der Waals surface area contributed by atoms with Crippen LogP contribution in [0.3, 0.4) is 0 Å². The van der Waals surface area contributed by atoms with Crippen LogP contribution in [0.2, 0.25) is 0 Å². The Labute approximate surface area is 95.6 Å². The van der Waals surface area contributed by atoms with Crippen LogP contribution in [0.4, 0.5) is 0 Å². The third-order valence-electron chi connectivity index (χ3n) is 2.17. The molecule has 0 aliphatic rings. The van der Waals surface area contributed by atoms with Gasteiger partial charge in [0.15, 0.2) is 11.5 Å². The Bertz CT molecular complexity index is 389. The van der Waals surface area contributed by atoms with E-state index < -0.39 is 11.9 Å². The summed E-state index contributed by atoms with van der Waals surface area (Å²) in [4.78, 5) is 10.8. The maximum absolute atomic E-state index is 10.8. The molecule has 1 rings (SSSR count). The lowest BCUT2D eigenvalue weighted by Gasteiger charge is -2.12. The van der Waals surface area contributed by atoms with E-state index in [0.717, 1.165) is 0 Å². The highest BCUT2D eigenvalue weighted by molar-refractivity contribution is 9.10. The van der Waals surface area contributed by atoms with Crippen LogP contribution in [0.1, 0.15) is 18.4 Å². The summed E-state index contributed by atoms with van der Waals surface area (Å²) in [6, 6.07) is 3.15. The molecule has 0 saturated heterocycles. The van der Waals surface area contributed by atoms with Crippen molar-refractivity contribution in [2.75, 3.05) is 7.11 Å². The number of carboxylic acids is 1. The molecule has 2 N–H and O–H groups in total. The van der Waals surface area contributed by atoms with E-state index in [-0.39, 0.29) is 5.75 Å². The lowest BCUT2D eigenvalue weighted by atomic mass is 10.0. The van der Waals surface area contributed by atoms with E-state index in [4.69, 9.17) is 9.84 Å². The molecule has 1 aromatic rings. The topological polar surface area (TPSA) is 66.8 Å². The Morgan fingerprint density at radius 3 is 2.60 bits per heavy atom. The van der Waals surface area contributed by atoms with Crippen molar-refractivity contribution in [2.24, 2.45) is 0 Å². The van der Waals surface area contributed by atoms with Crippen LogP contribution in [0, 0.1) is 0 Å². The molecule has 1 atom stereocenters. The molecule has 5 heteroatoms. The number of halogens is 1. The average molecular weight is 275 g/mol. The van der Waals surface area contributed by atoms with Gasteiger partial charge in [0.1, 0.15) is 0 Å². The monoisotopic (exact) mass is 274 g/mol. The van der Waals surface area contributed by atoms with Gasteiger partial charge in [-0.05, 0) is 34.5 Å². The summed E-state index contributed by atoms with van der Waals surface area (Å²) in [5, 5.41) is 18.5. The van der Waals surface area contributed by atoms with Crippen molar-refractivity contribution in [3.8, 4) is 11.5 Å². The summed E-state index contributed by atoms with van der Waals surface area (Å²) in [6.07, 6.45) is 0. The Hall–Kier alpha value is -1.23. The first kappa shape index (κ1) is 11.8. The first-order valence-electron chi connectivity index (χ1n) is 4.27. The molecule has 1 aromatic carbocycles. The number of benzene rings is 1. The van der Waals surface area contributed by atoms with E-state index in [9.17, 15) is 9.90 Å². The first-order valence-corrected chi connectivity index (χ1v) is 5.06. The van der Waals surface area contributed by atoms with Gasteiger partial charge in [0.2, 0.25) is 0 Å². The standard InChI is InChI=1S/C10H11BrO4/c1-5(10(13)14)6-3-4-7(15-2)9(12)8(6)11/h3-5,12H,1-2H3,(H,13,14). The number of hydrogen-bond acceptors (Lipinski definition) is 3. The normalized spacial score (nSPS) is 12.2. The van der Waals surface area contributed by atoms with Crippen LogP contribution in [0.25, 0.3) is 0 Å². The molecular weight excluding hydrogens is 264 g/mol. The fourth-order valence-corrected chi connectivity index (χ4v) is 1.87. The number of aromatic hydroxyl groups is 1. The summed E-state index contributed by atoms with van der Waals surface area (Å²) >= 11 is 3.15. The second-order valence-electron chi connectivity index (χ2n) is 3.08. The molecule has 15 heavy (non-hydrogen) atoms. The molecule has 82 valence electrons. The Kier molecular flexibility index (Phi) is 3.57. The number of ether oxygens (including phenoxy) is 1. The van der Waals surface area contributed by atoms with Gasteiger partial charge in [0, 0.05) is 0 Å². The fraction of sp³-hybridized carbons (Fsp3) is 0.300. The second kappa shape index (κ2) is 4.53. The smallest absolute Gasteiger partial charge is 0.310 e. The van der Waals surface area contributed by atoms with Crippen molar-refractivity contribution >= 4 is 21.9 Å². The first-order chi connectivity index (χ1) is 6.99. The minimum Gasteiger partial charge on any atom is -0.503 e. The van der Waals surface area contributed by atoms with Crippen molar-refractivity contribution in [1.82, 2.24) is 0 Å². The molecule has 0 bridgehead atoms. The van der Waals surface area contributed by atoms with Gasteiger partial charge < -0.3 is 14.9 Å². The predicted molar refractivity (Wildman–Crippen MR) is 58.4 cm³/mol. The maximum atomic E-state index is 10.8. The highest BCUT2D eigenvalue weighted by atomic mass is 79.9. The maximum Gasteiger partial charge on any atom is 0.310 e. The predicted octanol–water partition coefficient (Wildman–Crippen LogP) is 2.35. The van der Waals surface area contributed by atoms with Crippen molar-refractivity contribution in [1.29, 1.82) is 0 Å². The Morgan fingerprint density at radius 2 is 2.13 bits per heavy atom. The zero-order chi connectivity index (χ0) is 11.6. The Balaban J connectivity index is 3.23. The number of carbonyl (C=O) groups is 1. The largest absolute Gasteiger partial charge is 0.503 e. The number of rotatable bonds is 3. The number of carboxylic acid groups (broad SMARTS) is 1. The number of aliphatic carboxylic acids is 1. The minimum absolute atomic E-state index is 0.0805. The van der Waals surface area contributed by atoms with Crippen LogP contribution in [0.5, 0.6) is 11.5 Å². The van der Waals surface area contributed by atoms with E-state index >= 15 is 0 Å². The van der Waals surface area contributed by atoms with Gasteiger partial charge in [-0.1, -0.05) is 6.07 Å². The molecule has 0 aliphatic heterocycles. The Morgan fingerprint density at radius 1 is 1.53 bits per heavy atom. The molecule has 0 amide bonds. The lowest BCUT2D eigenvalue weighted by molar-refractivity contribution is -0.138. The SMILES string of the molecule is COc1ccc(C(C)C(=O)O)c(Br)c1O. The van der Waals surface area contributed by atoms with E-state index in [1.807, 2.05) is 0 Å². The van der Waals surface area contributed by atoms with Crippen molar-refractivity contribution < 1.29 is 19.7 Å². The van der Waals surface area contributed by atoms with Gasteiger partial charge in [-0.15, -0.1) is 0 Å². The van der Waals surface area contributed by atoms with E-state index in [1.54, 1.807) is 13.0 Å². The van der Waals surface area contributed by atoms with Gasteiger partial charge in [-0.3, -0.25) is 4.79 Å². The molecule has 0 radical (unpaired) electrons.